The fourth-order valence-corrected chi connectivity index (χ4v) is 1.56. The number of esters is 1. The molecule has 0 bridgehead atoms. The highest BCUT2D eigenvalue weighted by molar-refractivity contribution is 14.1. The van der Waals surface area contributed by atoms with Crippen LogP contribution >= 0.6 is 22.6 Å². The van der Waals surface area contributed by atoms with Crippen LogP contribution in [0.5, 0.6) is 0 Å². The summed E-state index contributed by atoms with van der Waals surface area (Å²) in [6, 6.07) is 1.38. The van der Waals surface area contributed by atoms with Crippen molar-refractivity contribution in [3.8, 4) is 0 Å². The van der Waals surface area contributed by atoms with Gasteiger partial charge in [-0.25, -0.2) is 18.6 Å². The zero-order valence-corrected chi connectivity index (χ0v) is 10.9. The molecular weight excluding hydrogens is 331 g/mol. The van der Waals surface area contributed by atoms with Gasteiger partial charge in [0.05, 0.1) is 12.2 Å². The lowest BCUT2D eigenvalue weighted by atomic mass is 10.1. The van der Waals surface area contributed by atoms with E-state index in [2.05, 4.69) is 4.98 Å². The molecular formula is C10H10F2INO2. The number of nitrogens with zero attached hydrogens (tertiary/aromatic N) is 1. The summed E-state index contributed by atoms with van der Waals surface area (Å²) in [5.74, 6) is -0.759. The smallest absolute Gasteiger partial charge is 0.340 e. The van der Waals surface area contributed by atoms with Crippen molar-refractivity contribution in [2.45, 2.75) is 20.3 Å². The molecule has 0 radical (unpaired) electrons. The van der Waals surface area contributed by atoms with Crippen LogP contribution in [-0.4, -0.2) is 17.6 Å². The normalized spacial score (nSPS) is 10.6. The van der Waals surface area contributed by atoms with Gasteiger partial charge in [0, 0.05) is 0 Å². The van der Waals surface area contributed by atoms with Crippen molar-refractivity contribution in [3.05, 3.63) is 26.6 Å². The summed E-state index contributed by atoms with van der Waals surface area (Å²) in [6.07, 6.45) is -2.78. The van der Waals surface area contributed by atoms with Crippen LogP contribution in [0.1, 0.15) is 35.0 Å². The van der Waals surface area contributed by atoms with Gasteiger partial charge in [-0.05, 0) is 48.1 Å². The third kappa shape index (κ3) is 2.87. The molecule has 1 rings (SSSR count). The van der Waals surface area contributed by atoms with Gasteiger partial charge in [0.15, 0.2) is 0 Å². The van der Waals surface area contributed by atoms with Gasteiger partial charge in [0.1, 0.15) is 9.39 Å². The second-order valence-corrected chi connectivity index (χ2v) is 4.07. The molecule has 1 aromatic heterocycles. The third-order valence-corrected chi connectivity index (χ3v) is 2.97. The lowest BCUT2D eigenvalue weighted by molar-refractivity contribution is 0.0513. The Kier molecular flexibility index (Phi) is 4.57. The molecule has 1 aromatic rings. The molecule has 16 heavy (non-hydrogen) atoms. The first kappa shape index (κ1) is 13.3. The number of hydrogen-bond donors (Lipinski definition) is 0. The summed E-state index contributed by atoms with van der Waals surface area (Å²) in [6.45, 7) is 3.46. The highest BCUT2D eigenvalue weighted by Gasteiger charge is 2.22. The highest BCUT2D eigenvalue weighted by Crippen LogP contribution is 2.24. The summed E-state index contributed by atoms with van der Waals surface area (Å²) in [5, 5.41) is 0. The molecule has 0 N–H and O–H groups in total. The van der Waals surface area contributed by atoms with Gasteiger partial charge in [0.2, 0.25) is 0 Å². The van der Waals surface area contributed by atoms with Crippen LogP contribution in [0.25, 0.3) is 0 Å². The molecule has 88 valence electrons. The van der Waals surface area contributed by atoms with Gasteiger partial charge in [-0.1, -0.05) is 0 Å². The number of carbonyl (C=O) groups excluding carboxylic acids is 1. The molecule has 0 saturated heterocycles. The van der Waals surface area contributed by atoms with Crippen LogP contribution in [0, 0.1) is 10.6 Å². The predicted molar refractivity (Wildman–Crippen MR) is 62.6 cm³/mol. The lowest BCUT2D eigenvalue weighted by Crippen LogP contribution is -2.11. The maximum atomic E-state index is 12.7. The average molecular weight is 341 g/mol. The van der Waals surface area contributed by atoms with E-state index in [4.69, 9.17) is 4.74 Å². The monoisotopic (exact) mass is 341 g/mol. The van der Waals surface area contributed by atoms with Crippen molar-refractivity contribution >= 4 is 28.6 Å². The van der Waals surface area contributed by atoms with Crippen LogP contribution in [-0.2, 0) is 4.74 Å². The van der Waals surface area contributed by atoms with E-state index < -0.39 is 18.1 Å². The van der Waals surface area contributed by atoms with Crippen molar-refractivity contribution in [1.29, 1.82) is 0 Å². The Morgan fingerprint density at radius 2 is 2.25 bits per heavy atom. The molecule has 0 atom stereocenters. The van der Waals surface area contributed by atoms with E-state index in [1.165, 1.54) is 6.07 Å². The number of alkyl halides is 2. The quantitative estimate of drug-likeness (QED) is 0.482. The SMILES string of the molecule is CCOC(=O)c1cc(C)c(I)nc1C(F)F. The minimum Gasteiger partial charge on any atom is -0.462 e. The topological polar surface area (TPSA) is 39.2 Å². The highest BCUT2D eigenvalue weighted by atomic mass is 127. The lowest BCUT2D eigenvalue weighted by Gasteiger charge is -2.09. The van der Waals surface area contributed by atoms with Gasteiger partial charge in [-0.3, -0.25) is 0 Å². The molecule has 0 saturated carbocycles. The molecule has 3 nitrogen and oxygen atoms in total. The fourth-order valence-electron chi connectivity index (χ4n) is 1.14. The molecule has 0 unspecified atom stereocenters. The number of ether oxygens (including phenoxy) is 1. The summed E-state index contributed by atoms with van der Waals surface area (Å²) < 4.78 is 30.5. The standard InChI is InChI=1S/C10H10F2INO2/c1-3-16-10(15)6-4-5(2)9(13)14-7(6)8(11)12/h4,8H,3H2,1-2H3. The number of carbonyl (C=O) groups is 1. The number of hydrogen-bond acceptors (Lipinski definition) is 3. The Morgan fingerprint density at radius 1 is 1.62 bits per heavy atom. The van der Waals surface area contributed by atoms with Crippen LogP contribution in [0.2, 0.25) is 0 Å². The Balaban J connectivity index is 3.24. The Hall–Kier alpha value is -0.790. The average Bonchev–Trinajstić information content (AvgIpc) is 2.21. The van der Waals surface area contributed by atoms with Gasteiger partial charge >= 0.3 is 5.97 Å². The van der Waals surface area contributed by atoms with Crippen molar-refractivity contribution in [1.82, 2.24) is 4.98 Å². The molecule has 0 aromatic carbocycles. The van der Waals surface area contributed by atoms with E-state index in [0.29, 0.717) is 9.26 Å². The van der Waals surface area contributed by atoms with Crippen molar-refractivity contribution in [2.75, 3.05) is 6.61 Å². The van der Waals surface area contributed by atoms with Gasteiger partial charge in [-0.15, -0.1) is 0 Å². The Labute approximate surface area is 105 Å². The van der Waals surface area contributed by atoms with Gasteiger partial charge < -0.3 is 4.74 Å². The van der Waals surface area contributed by atoms with Crippen LogP contribution in [0.15, 0.2) is 6.07 Å². The first-order chi connectivity index (χ1) is 7.47. The maximum absolute atomic E-state index is 12.7. The van der Waals surface area contributed by atoms with E-state index in [-0.39, 0.29) is 12.2 Å². The summed E-state index contributed by atoms with van der Waals surface area (Å²) >= 11 is 1.85. The zero-order valence-electron chi connectivity index (χ0n) is 8.76. The largest absolute Gasteiger partial charge is 0.462 e. The maximum Gasteiger partial charge on any atom is 0.340 e. The molecule has 0 aliphatic carbocycles. The predicted octanol–water partition coefficient (Wildman–Crippen LogP) is 3.11. The number of aromatic nitrogens is 1. The van der Waals surface area contributed by atoms with Gasteiger partial charge in [-0.2, -0.15) is 0 Å². The number of pyridine rings is 1. The van der Waals surface area contributed by atoms with Gasteiger partial charge in [0.25, 0.3) is 6.43 Å². The van der Waals surface area contributed by atoms with E-state index in [1.807, 2.05) is 22.6 Å². The summed E-state index contributed by atoms with van der Waals surface area (Å²) in [4.78, 5) is 15.1. The van der Waals surface area contributed by atoms with E-state index >= 15 is 0 Å². The van der Waals surface area contributed by atoms with Crippen LogP contribution in [0.3, 0.4) is 0 Å². The third-order valence-electron chi connectivity index (χ3n) is 1.88. The molecule has 0 fully saturated rings. The summed E-state index contributed by atoms with van der Waals surface area (Å²) in [5.41, 5.74) is -0.00345. The molecule has 0 amide bonds. The first-order valence-electron chi connectivity index (χ1n) is 4.59. The number of rotatable bonds is 3. The Bertz CT molecular complexity index is 410. The van der Waals surface area contributed by atoms with E-state index in [1.54, 1.807) is 13.8 Å². The minimum absolute atomic E-state index is 0.145. The molecule has 0 aliphatic heterocycles. The zero-order chi connectivity index (χ0) is 12.3. The first-order valence-corrected chi connectivity index (χ1v) is 5.67. The van der Waals surface area contributed by atoms with E-state index in [9.17, 15) is 13.6 Å². The Morgan fingerprint density at radius 3 is 2.75 bits per heavy atom. The van der Waals surface area contributed by atoms with Crippen LogP contribution in [0.4, 0.5) is 8.78 Å². The molecule has 6 heteroatoms. The fraction of sp³-hybridized carbons (Fsp3) is 0.400. The van der Waals surface area contributed by atoms with E-state index in [0.717, 1.165) is 0 Å². The van der Waals surface area contributed by atoms with Crippen molar-refractivity contribution in [2.24, 2.45) is 0 Å². The van der Waals surface area contributed by atoms with Crippen molar-refractivity contribution < 1.29 is 18.3 Å². The number of aryl methyl sites for hydroxylation is 1. The second-order valence-electron chi connectivity index (χ2n) is 3.05. The van der Waals surface area contributed by atoms with Crippen molar-refractivity contribution in [3.63, 3.8) is 0 Å². The van der Waals surface area contributed by atoms with Crippen LogP contribution < -0.4 is 0 Å². The molecule has 0 aliphatic rings. The number of halogens is 3. The second kappa shape index (κ2) is 5.51. The summed E-state index contributed by atoms with van der Waals surface area (Å²) in [7, 11) is 0. The molecule has 0 spiro atoms. The molecule has 1 heterocycles. The minimum atomic E-state index is -2.78.